The Bertz CT molecular complexity index is 1140. The molecule has 3 rings (SSSR count). The van der Waals surface area contributed by atoms with Crippen molar-refractivity contribution < 1.29 is 22.7 Å². The Morgan fingerprint density at radius 1 is 1.03 bits per heavy atom. The molecular weight excluding hydrogens is 456 g/mol. The lowest BCUT2D eigenvalue weighted by Crippen LogP contribution is -2.52. The minimum atomic E-state index is -3.83. The van der Waals surface area contributed by atoms with E-state index >= 15 is 0 Å². The van der Waals surface area contributed by atoms with Gasteiger partial charge in [-0.05, 0) is 17.7 Å². The zero-order chi connectivity index (χ0) is 24.6. The van der Waals surface area contributed by atoms with E-state index in [0.717, 1.165) is 5.56 Å². The van der Waals surface area contributed by atoms with Crippen molar-refractivity contribution in [2.75, 3.05) is 46.4 Å². The number of methoxy groups -OCH3 is 1. The highest BCUT2D eigenvalue weighted by Gasteiger charge is 2.32. The van der Waals surface area contributed by atoms with Gasteiger partial charge in [0.15, 0.2) is 0 Å². The van der Waals surface area contributed by atoms with Crippen molar-refractivity contribution in [2.45, 2.75) is 17.9 Å². The molecular formula is C24H28N4O5S. The number of piperazine rings is 1. The average Bonchev–Trinajstić information content (AvgIpc) is 2.87. The topological polar surface area (TPSA) is 111 Å². The highest BCUT2D eigenvalue weighted by molar-refractivity contribution is 7.89. The molecule has 0 spiro atoms. The molecule has 9 nitrogen and oxygen atoms in total. The smallest absolute Gasteiger partial charge is 0.306 e. The molecule has 34 heavy (non-hydrogen) atoms. The second-order valence-corrected chi connectivity index (χ2v) is 9.82. The van der Waals surface area contributed by atoms with Crippen molar-refractivity contribution in [3.63, 3.8) is 0 Å². The number of nitrogens with zero attached hydrogens (tertiary/aromatic N) is 4. The van der Waals surface area contributed by atoms with E-state index in [1.807, 2.05) is 41.3 Å². The summed E-state index contributed by atoms with van der Waals surface area (Å²) in [4.78, 5) is 28.1. The third-order valence-electron chi connectivity index (χ3n) is 5.68. The van der Waals surface area contributed by atoms with E-state index in [9.17, 15) is 23.3 Å². The zero-order valence-corrected chi connectivity index (χ0v) is 19.9. The molecule has 2 aromatic rings. The number of nitriles is 1. The van der Waals surface area contributed by atoms with Crippen LogP contribution in [0, 0.1) is 11.3 Å². The van der Waals surface area contributed by atoms with Crippen LogP contribution in [0.25, 0.3) is 0 Å². The summed E-state index contributed by atoms with van der Waals surface area (Å²) in [7, 11) is -2.50. The first kappa shape index (κ1) is 25.4. The summed E-state index contributed by atoms with van der Waals surface area (Å²) >= 11 is 0. The van der Waals surface area contributed by atoms with Gasteiger partial charge in [0.2, 0.25) is 15.9 Å². The molecule has 1 heterocycles. The van der Waals surface area contributed by atoms with Crippen LogP contribution >= 0.6 is 0 Å². The number of hydrogen-bond donors (Lipinski definition) is 0. The maximum Gasteiger partial charge on any atom is 0.306 e. The minimum absolute atomic E-state index is 0.0193. The van der Waals surface area contributed by atoms with Gasteiger partial charge >= 0.3 is 5.97 Å². The Labute approximate surface area is 200 Å². The van der Waals surface area contributed by atoms with Gasteiger partial charge in [-0.2, -0.15) is 9.57 Å². The minimum Gasteiger partial charge on any atom is -0.469 e. The molecule has 1 saturated heterocycles. The van der Waals surface area contributed by atoms with Gasteiger partial charge in [-0.25, -0.2) is 8.42 Å². The average molecular weight is 485 g/mol. The third kappa shape index (κ3) is 6.41. The summed E-state index contributed by atoms with van der Waals surface area (Å²) in [6.45, 7) is 1.78. The molecule has 0 bridgehead atoms. The van der Waals surface area contributed by atoms with Crippen LogP contribution in [0.15, 0.2) is 59.5 Å². The Morgan fingerprint density at radius 3 is 2.32 bits per heavy atom. The van der Waals surface area contributed by atoms with Gasteiger partial charge in [0, 0.05) is 39.3 Å². The number of rotatable bonds is 9. The van der Waals surface area contributed by atoms with Crippen LogP contribution in [-0.2, 0) is 30.9 Å². The first-order chi connectivity index (χ1) is 16.3. The Hall–Kier alpha value is -3.26. The molecule has 10 heteroatoms. The van der Waals surface area contributed by atoms with E-state index in [1.54, 1.807) is 17.0 Å². The van der Waals surface area contributed by atoms with Crippen molar-refractivity contribution in [2.24, 2.45) is 0 Å². The Morgan fingerprint density at radius 2 is 1.68 bits per heavy atom. The normalized spacial score (nSPS) is 14.6. The monoisotopic (exact) mass is 484 g/mol. The van der Waals surface area contributed by atoms with E-state index in [-0.39, 0.29) is 61.5 Å². The molecule has 1 amide bonds. The van der Waals surface area contributed by atoms with Crippen LogP contribution in [0.1, 0.15) is 17.5 Å². The Kier molecular flexibility index (Phi) is 8.76. The predicted molar refractivity (Wildman–Crippen MR) is 125 cm³/mol. The number of sulfonamides is 1. The summed E-state index contributed by atoms with van der Waals surface area (Å²) < 4.78 is 32.1. The zero-order valence-electron chi connectivity index (χ0n) is 19.1. The molecule has 2 aromatic carbocycles. The molecule has 0 aliphatic carbocycles. The number of ether oxygens (including phenoxy) is 1. The maximum absolute atomic E-state index is 13.0. The molecule has 0 saturated carbocycles. The van der Waals surface area contributed by atoms with Crippen LogP contribution in [0.3, 0.4) is 0 Å². The standard InChI is InChI=1S/C24H28N4O5S/c1-33-24(30)11-12-26(18-20-7-3-2-4-8-20)19-23(29)27-13-15-28(16-14-27)34(31,32)22-10-6-5-9-21(22)17-25/h2-10H,11-16,18-19H2,1H3. The third-order valence-corrected chi connectivity index (χ3v) is 7.64. The molecule has 0 radical (unpaired) electrons. The number of esters is 1. The van der Waals surface area contributed by atoms with Gasteiger partial charge in [0.25, 0.3) is 0 Å². The summed E-state index contributed by atoms with van der Waals surface area (Å²) in [5.41, 5.74) is 1.12. The second kappa shape index (κ2) is 11.7. The van der Waals surface area contributed by atoms with E-state index in [2.05, 4.69) is 0 Å². The van der Waals surface area contributed by atoms with Gasteiger partial charge < -0.3 is 9.64 Å². The van der Waals surface area contributed by atoms with Crippen molar-refractivity contribution in [3.8, 4) is 6.07 Å². The fourth-order valence-electron chi connectivity index (χ4n) is 3.80. The largest absolute Gasteiger partial charge is 0.469 e. The lowest BCUT2D eigenvalue weighted by atomic mass is 10.2. The number of amides is 1. The van der Waals surface area contributed by atoms with E-state index in [0.29, 0.717) is 13.1 Å². The van der Waals surface area contributed by atoms with Gasteiger partial charge in [-0.15, -0.1) is 0 Å². The highest BCUT2D eigenvalue weighted by atomic mass is 32.2. The van der Waals surface area contributed by atoms with Crippen LogP contribution in [0.4, 0.5) is 0 Å². The predicted octanol–water partition coefficient (Wildman–Crippen LogP) is 1.46. The first-order valence-corrected chi connectivity index (χ1v) is 12.4. The van der Waals surface area contributed by atoms with E-state index in [4.69, 9.17) is 4.74 Å². The second-order valence-electron chi connectivity index (χ2n) is 7.92. The van der Waals surface area contributed by atoms with Crippen molar-refractivity contribution in [3.05, 3.63) is 65.7 Å². The molecule has 0 unspecified atom stereocenters. The quantitative estimate of drug-likeness (QED) is 0.496. The van der Waals surface area contributed by atoms with Gasteiger partial charge in [-0.3, -0.25) is 14.5 Å². The van der Waals surface area contributed by atoms with Crippen LogP contribution < -0.4 is 0 Å². The number of hydrogen-bond acceptors (Lipinski definition) is 7. The van der Waals surface area contributed by atoms with Crippen LogP contribution in [-0.4, -0.2) is 80.8 Å². The summed E-state index contributed by atoms with van der Waals surface area (Å²) in [5, 5.41) is 9.26. The van der Waals surface area contributed by atoms with Crippen molar-refractivity contribution >= 4 is 21.9 Å². The van der Waals surface area contributed by atoms with E-state index < -0.39 is 10.0 Å². The fourth-order valence-corrected chi connectivity index (χ4v) is 5.36. The molecule has 1 fully saturated rings. The number of benzene rings is 2. The van der Waals surface area contributed by atoms with Gasteiger partial charge in [-0.1, -0.05) is 42.5 Å². The SMILES string of the molecule is COC(=O)CCN(CC(=O)N1CCN(S(=O)(=O)c2ccccc2C#N)CC1)Cc1ccccc1. The lowest BCUT2D eigenvalue weighted by Gasteiger charge is -2.35. The Balaban J connectivity index is 1.62. The molecule has 0 N–H and O–H groups in total. The molecule has 180 valence electrons. The highest BCUT2D eigenvalue weighted by Crippen LogP contribution is 2.21. The first-order valence-electron chi connectivity index (χ1n) is 11.0. The molecule has 0 aromatic heterocycles. The lowest BCUT2D eigenvalue weighted by molar-refractivity contribution is -0.142. The van der Waals surface area contributed by atoms with Crippen LogP contribution in [0.2, 0.25) is 0 Å². The number of carbonyl (C=O) groups excluding carboxylic acids is 2. The van der Waals surface area contributed by atoms with Crippen molar-refractivity contribution in [1.29, 1.82) is 5.26 Å². The van der Waals surface area contributed by atoms with Gasteiger partial charge in [0.1, 0.15) is 6.07 Å². The summed E-state index contributed by atoms with van der Waals surface area (Å²) in [5.74, 6) is -0.475. The molecule has 1 aliphatic heterocycles. The van der Waals surface area contributed by atoms with E-state index in [1.165, 1.54) is 23.5 Å². The summed E-state index contributed by atoms with van der Waals surface area (Å²) in [6, 6.07) is 17.7. The molecule has 1 aliphatic rings. The maximum atomic E-state index is 13.0. The van der Waals surface area contributed by atoms with Crippen molar-refractivity contribution in [1.82, 2.24) is 14.1 Å². The molecule has 0 atom stereocenters. The van der Waals surface area contributed by atoms with Gasteiger partial charge in [0.05, 0.1) is 30.5 Å². The van der Waals surface area contributed by atoms with Crippen LogP contribution in [0.5, 0.6) is 0 Å². The summed E-state index contributed by atoms with van der Waals surface area (Å²) in [6.07, 6.45) is 0.168. The fraction of sp³-hybridized carbons (Fsp3) is 0.375. The number of carbonyl (C=O) groups is 2.